The van der Waals surface area contributed by atoms with Crippen molar-refractivity contribution in [3.05, 3.63) is 71.4 Å². The average molecular weight is 530 g/mol. The molecule has 2 aromatic carbocycles. The van der Waals surface area contributed by atoms with Crippen LogP contribution in [0.5, 0.6) is 0 Å². The van der Waals surface area contributed by atoms with Crippen molar-refractivity contribution in [2.75, 3.05) is 43.9 Å². The lowest BCUT2D eigenvalue weighted by Gasteiger charge is -2.29. The van der Waals surface area contributed by atoms with Gasteiger partial charge in [0.1, 0.15) is 5.15 Å². The maximum absolute atomic E-state index is 12.5. The van der Waals surface area contributed by atoms with Crippen LogP contribution in [0.3, 0.4) is 0 Å². The Labute approximate surface area is 227 Å². The molecule has 1 aliphatic rings. The molecule has 9 heteroatoms. The van der Waals surface area contributed by atoms with Crippen LogP contribution >= 0.6 is 11.6 Å². The Bertz CT molecular complexity index is 1460. The van der Waals surface area contributed by atoms with Gasteiger partial charge in [-0.3, -0.25) is 9.89 Å². The molecule has 0 amide bonds. The summed E-state index contributed by atoms with van der Waals surface area (Å²) in [4.78, 5) is 26.4. The zero-order valence-corrected chi connectivity index (χ0v) is 22.5. The molecule has 1 fully saturated rings. The molecule has 2 N–H and O–H groups in total. The molecule has 0 spiro atoms. The summed E-state index contributed by atoms with van der Waals surface area (Å²) in [5, 5.41) is 11.5. The molecule has 0 radical (unpaired) electrons. The van der Waals surface area contributed by atoms with E-state index in [2.05, 4.69) is 37.5 Å². The molecular weight excluding hydrogens is 498 g/mol. The summed E-state index contributed by atoms with van der Waals surface area (Å²) in [6, 6.07) is 16.1. The number of piperidine rings is 1. The van der Waals surface area contributed by atoms with E-state index in [4.69, 9.17) is 16.6 Å². The monoisotopic (exact) mass is 529 g/mol. The van der Waals surface area contributed by atoms with Crippen LogP contribution in [0, 0.1) is 0 Å². The van der Waals surface area contributed by atoms with Crippen LogP contribution in [0.2, 0.25) is 5.15 Å². The number of rotatable bonds is 9. The standard InChI is InChI=1S/C29H32ClN7O/c1-36(2)14-8-13-24(38)18-20-9-6-10-21(17-20)26-25-27(30)34-35-28(25)33-29(32-26)31-22-11-7-12-23(19-22)37-15-4-3-5-16-37/h6-13,17,19H,3-5,14-16,18H2,1-2H3,(H2,31,32,33,34,35)/b13-8+. The Kier molecular flexibility index (Phi) is 8.00. The summed E-state index contributed by atoms with van der Waals surface area (Å²) in [7, 11) is 3.94. The minimum Gasteiger partial charge on any atom is -0.371 e. The number of nitrogens with zero attached hydrogens (tertiary/aromatic N) is 5. The van der Waals surface area contributed by atoms with E-state index >= 15 is 0 Å². The summed E-state index contributed by atoms with van der Waals surface area (Å²) >= 11 is 6.46. The van der Waals surface area contributed by atoms with Crippen molar-refractivity contribution >= 4 is 45.7 Å². The van der Waals surface area contributed by atoms with Crippen molar-refractivity contribution in [3.63, 3.8) is 0 Å². The fraction of sp³-hybridized carbons (Fsp3) is 0.310. The van der Waals surface area contributed by atoms with Gasteiger partial charge in [-0.15, -0.1) is 0 Å². The Hall–Kier alpha value is -3.75. The van der Waals surface area contributed by atoms with E-state index in [-0.39, 0.29) is 5.78 Å². The quantitative estimate of drug-likeness (QED) is 0.271. The van der Waals surface area contributed by atoms with E-state index in [1.807, 2.05) is 61.5 Å². The second-order valence-electron chi connectivity index (χ2n) is 9.86. The van der Waals surface area contributed by atoms with E-state index in [9.17, 15) is 4.79 Å². The molecule has 1 saturated heterocycles. The third-order valence-electron chi connectivity index (χ3n) is 6.55. The molecule has 38 heavy (non-hydrogen) atoms. The number of carbonyl (C=O) groups is 1. The zero-order valence-electron chi connectivity index (χ0n) is 21.7. The number of aromatic nitrogens is 4. The molecule has 0 atom stereocenters. The van der Waals surface area contributed by atoms with Crippen molar-refractivity contribution in [1.29, 1.82) is 0 Å². The lowest BCUT2D eigenvalue weighted by atomic mass is 10.0. The molecular formula is C29H32ClN7O. The molecule has 0 unspecified atom stereocenters. The smallest absolute Gasteiger partial charge is 0.229 e. The van der Waals surface area contributed by atoms with Crippen LogP contribution in [0.15, 0.2) is 60.7 Å². The number of hydrogen-bond acceptors (Lipinski definition) is 7. The minimum atomic E-state index is 0.0501. The van der Waals surface area contributed by atoms with Crippen molar-refractivity contribution in [2.24, 2.45) is 0 Å². The van der Waals surface area contributed by atoms with Crippen LogP contribution in [0.1, 0.15) is 24.8 Å². The summed E-state index contributed by atoms with van der Waals surface area (Å²) in [6.07, 6.45) is 7.56. The van der Waals surface area contributed by atoms with Crippen LogP contribution in [0.4, 0.5) is 17.3 Å². The Morgan fingerprint density at radius 3 is 2.74 bits per heavy atom. The van der Waals surface area contributed by atoms with Gasteiger partial charge in [-0.2, -0.15) is 10.1 Å². The van der Waals surface area contributed by atoms with Gasteiger partial charge in [0.05, 0.1) is 11.1 Å². The highest BCUT2D eigenvalue weighted by atomic mass is 35.5. The number of aromatic amines is 1. The van der Waals surface area contributed by atoms with Crippen LogP contribution in [0.25, 0.3) is 22.3 Å². The first-order valence-corrected chi connectivity index (χ1v) is 13.3. The Morgan fingerprint density at radius 2 is 1.92 bits per heavy atom. The van der Waals surface area contributed by atoms with E-state index in [1.54, 1.807) is 6.08 Å². The molecule has 196 valence electrons. The highest BCUT2D eigenvalue weighted by Gasteiger charge is 2.17. The fourth-order valence-electron chi connectivity index (χ4n) is 4.70. The first-order valence-electron chi connectivity index (χ1n) is 12.9. The van der Waals surface area contributed by atoms with Crippen LogP contribution in [-0.4, -0.2) is 64.6 Å². The number of allylic oxidation sites excluding steroid dienone is 1. The third kappa shape index (κ3) is 6.20. The highest BCUT2D eigenvalue weighted by molar-refractivity contribution is 6.35. The van der Waals surface area contributed by atoms with Crippen molar-refractivity contribution in [3.8, 4) is 11.3 Å². The van der Waals surface area contributed by atoms with Gasteiger partial charge in [-0.25, -0.2) is 4.98 Å². The van der Waals surface area contributed by atoms with Crippen molar-refractivity contribution < 1.29 is 4.79 Å². The normalized spacial score (nSPS) is 14.1. The number of likely N-dealkylation sites (N-methyl/N-ethyl adjacent to an activating group) is 1. The summed E-state index contributed by atoms with van der Waals surface area (Å²) < 4.78 is 0. The van der Waals surface area contributed by atoms with Gasteiger partial charge in [0.25, 0.3) is 0 Å². The largest absolute Gasteiger partial charge is 0.371 e. The van der Waals surface area contributed by atoms with Gasteiger partial charge < -0.3 is 15.1 Å². The number of benzene rings is 2. The van der Waals surface area contributed by atoms with Gasteiger partial charge in [0.2, 0.25) is 5.95 Å². The predicted molar refractivity (Wildman–Crippen MR) is 154 cm³/mol. The number of nitrogens with one attached hydrogen (secondary N) is 2. The predicted octanol–water partition coefficient (Wildman–Crippen LogP) is 5.64. The number of ketones is 1. The molecule has 5 rings (SSSR count). The van der Waals surface area contributed by atoms with Crippen LogP contribution in [-0.2, 0) is 11.2 Å². The van der Waals surface area contributed by atoms with E-state index in [0.717, 1.165) is 36.4 Å². The van der Waals surface area contributed by atoms with E-state index < -0.39 is 0 Å². The summed E-state index contributed by atoms with van der Waals surface area (Å²) in [5.74, 6) is 0.480. The van der Waals surface area contributed by atoms with E-state index in [0.29, 0.717) is 34.2 Å². The maximum Gasteiger partial charge on any atom is 0.229 e. The average Bonchev–Trinajstić information content (AvgIpc) is 3.29. The lowest BCUT2D eigenvalue weighted by molar-refractivity contribution is -0.114. The second kappa shape index (κ2) is 11.8. The van der Waals surface area contributed by atoms with Gasteiger partial charge in [-0.1, -0.05) is 41.9 Å². The number of fused-ring (bicyclic) bond motifs is 1. The molecule has 0 bridgehead atoms. The maximum atomic E-state index is 12.5. The molecule has 0 aliphatic carbocycles. The second-order valence-corrected chi connectivity index (χ2v) is 10.2. The third-order valence-corrected chi connectivity index (χ3v) is 6.82. The number of hydrogen-bond donors (Lipinski definition) is 2. The Morgan fingerprint density at radius 1 is 1.11 bits per heavy atom. The molecule has 0 saturated carbocycles. The molecule has 3 heterocycles. The summed E-state index contributed by atoms with van der Waals surface area (Å²) in [6.45, 7) is 2.87. The molecule has 8 nitrogen and oxygen atoms in total. The van der Waals surface area contributed by atoms with Gasteiger partial charge in [0, 0.05) is 43.0 Å². The highest BCUT2D eigenvalue weighted by Crippen LogP contribution is 2.33. The lowest BCUT2D eigenvalue weighted by Crippen LogP contribution is -2.29. The van der Waals surface area contributed by atoms with Gasteiger partial charge >= 0.3 is 0 Å². The topological polar surface area (TPSA) is 90.0 Å². The zero-order chi connectivity index (χ0) is 26.5. The first kappa shape index (κ1) is 25.9. The SMILES string of the molecule is CN(C)C/C=C/C(=O)Cc1cccc(-c2nc(Nc3cccc(N4CCCCC4)c3)nc3n[nH]c(Cl)c23)c1. The Balaban J connectivity index is 1.43. The van der Waals surface area contributed by atoms with Crippen molar-refractivity contribution in [1.82, 2.24) is 25.1 Å². The molecule has 4 aromatic rings. The first-order chi connectivity index (χ1) is 18.5. The van der Waals surface area contributed by atoms with Crippen LogP contribution < -0.4 is 10.2 Å². The molecule has 2 aromatic heterocycles. The number of anilines is 3. The van der Waals surface area contributed by atoms with E-state index in [1.165, 1.54) is 24.9 Å². The van der Waals surface area contributed by atoms with Crippen molar-refractivity contribution in [2.45, 2.75) is 25.7 Å². The van der Waals surface area contributed by atoms with Gasteiger partial charge in [0.15, 0.2) is 11.4 Å². The molecule has 1 aliphatic heterocycles. The number of H-pyrrole nitrogens is 1. The number of carbonyl (C=O) groups excluding carboxylic acids is 1. The van der Waals surface area contributed by atoms with Gasteiger partial charge in [-0.05, 0) is 69.3 Å². The fourth-order valence-corrected chi connectivity index (χ4v) is 4.92. The summed E-state index contributed by atoms with van der Waals surface area (Å²) in [5.41, 5.74) is 4.97. The number of halogens is 1. The minimum absolute atomic E-state index is 0.0501.